The smallest absolute Gasteiger partial charge is 0.0688 e. The van der Waals surface area contributed by atoms with Crippen LogP contribution in [0.15, 0.2) is 0 Å². The highest BCUT2D eigenvalue weighted by Gasteiger charge is 2.15. The van der Waals surface area contributed by atoms with Gasteiger partial charge >= 0.3 is 0 Å². The molecule has 94 valence electrons. The first-order chi connectivity index (χ1) is 7.49. The first-order valence-electron chi connectivity index (χ1n) is 6.71. The van der Waals surface area contributed by atoms with Crippen molar-refractivity contribution >= 4 is 0 Å². The zero-order chi connectivity index (χ0) is 12.6. The maximum absolute atomic E-state index is 5.56. The van der Waals surface area contributed by atoms with E-state index in [0.29, 0.717) is 6.04 Å². The summed E-state index contributed by atoms with van der Waals surface area (Å²) in [5.74, 6) is 4.33. The lowest BCUT2D eigenvalue weighted by Gasteiger charge is -2.25. The van der Waals surface area contributed by atoms with Crippen LogP contribution >= 0.6 is 0 Å². The predicted octanol–water partition coefficient (Wildman–Crippen LogP) is 3.84. The fraction of sp³-hybridized carbons (Fsp3) is 0.867. The van der Waals surface area contributed by atoms with Gasteiger partial charge in [-0.25, -0.2) is 0 Å². The molecule has 0 aliphatic heterocycles. The summed E-state index contributed by atoms with van der Waals surface area (Å²) in [6, 6.07) is 0.833. The molecule has 16 heavy (non-hydrogen) atoms. The van der Waals surface area contributed by atoms with Gasteiger partial charge in [0.1, 0.15) is 0 Å². The van der Waals surface area contributed by atoms with Gasteiger partial charge in [-0.15, -0.1) is 6.42 Å². The van der Waals surface area contributed by atoms with E-state index in [-0.39, 0.29) is 6.04 Å². The zero-order valence-electron chi connectivity index (χ0n) is 11.7. The van der Waals surface area contributed by atoms with Gasteiger partial charge in [0, 0.05) is 6.04 Å². The van der Waals surface area contributed by atoms with Crippen LogP contribution in [0.1, 0.15) is 60.3 Å². The number of hydrogen-bond donors (Lipinski definition) is 1. The highest BCUT2D eigenvalue weighted by atomic mass is 14.9. The van der Waals surface area contributed by atoms with Crippen LogP contribution in [-0.4, -0.2) is 12.1 Å². The lowest BCUT2D eigenvalue weighted by atomic mass is 9.94. The van der Waals surface area contributed by atoms with Crippen LogP contribution in [0.2, 0.25) is 0 Å². The third kappa shape index (κ3) is 7.77. The first kappa shape index (κ1) is 15.5. The van der Waals surface area contributed by atoms with E-state index >= 15 is 0 Å². The molecule has 0 bridgehead atoms. The molecule has 1 N–H and O–H groups in total. The minimum Gasteiger partial charge on any atom is -0.301 e. The van der Waals surface area contributed by atoms with E-state index in [2.05, 4.69) is 45.9 Å². The highest BCUT2D eigenvalue weighted by Crippen LogP contribution is 2.14. The van der Waals surface area contributed by atoms with Crippen molar-refractivity contribution in [1.82, 2.24) is 5.32 Å². The zero-order valence-corrected chi connectivity index (χ0v) is 11.7. The van der Waals surface area contributed by atoms with E-state index in [0.717, 1.165) is 24.7 Å². The number of nitrogens with one attached hydrogen (secondary N) is 1. The van der Waals surface area contributed by atoms with Gasteiger partial charge < -0.3 is 5.32 Å². The lowest BCUT2D eigenvalue weighted by Crippen LogP contribution is -2.39. The molecule has 0 fully saturated rings. The Kier molecular flexibility index (Phi) is 8.39. The molecule has 0 radical (unpaired) electrons. The van der Waals surface area contributed by atoms with E-state index in [1.807, 2.05) is 0 Å². The van der Waals surface area contributed by atoms with Crippen LogP contribution in [0.3, 0.4) is 0 Å². The van der Waals surface area contributed by atoms with Gasteiger partial charge in [0.15, 0.2) is 0 Å². The van der Waals surface area contributed by atoms with Crippen molar-refractivity contribution in [3.63, 3.8) is 0 Å². The Labute approximate surface area is 102 Å². The van der Waals surface area contributed by atoms with E-state index in [1.54, 1.807) is 0 Å². The molecule has 0 aromatic carbocycles. The molecule has 0 aliphatic carbocycles. The molecule has 0 rings (SSSR count). The molecule has 0 aromatic rings. The van der Waals surface area contributed by atoms with Gasteiger partial charge in [0.25, 0.3) is 0 Å². The fourth-order valence-corrected chi connectivity index (χ4v) is 2.16. The van der Waals surface area contributed by atoms with E-state index in [9.17, 15) is 0 Å². The molecule has 0 aliphatic rings. The van der Waals surface area contributed by atoms with Crippen molar-refractivity contribution in [3.8, 4) is 12.3 Å². The van der Waals surface area contributed by atoms with Gasteiger partial charge in [-0.1, -0.05) is 47.0 Å². The van der Waals surface area contributed by atoms with Crippen molar-refractivity contribution in [2.75, 3.05) is 0 Å². The summed E-state index contributed by atoms with van der Waals surface area (Å²) in [4.78, 5) is 0. The summed E-state index contributed by atoms with van der Waals surface area (Å²) in [6.07, 6.45) is 10.2. The molecule has 0 heterocycles. The average Bonchev–Trinajstić information content (AvgIpc) is 2.14. The second-order valence-corrected chi connectivity index (χ2v) is 5.63. The maximum atomic E-state index is 5.56. The fourth-order valence-electron chi connectivity index (χ4n) is 2.16. The lowest BCUT2D eigenvalue weighted by molar-refractivity contribution is 0.340. The maximum Gasteiger partial charge on any atom is 0.0688 e. The SMILES string of the molecule is C#CC(CCC)NC(CC(C)C)CC(C)C. The molecule has 1 atom stereocenters. The minimum atomic E-state index is 0.257. The van der Waals surface area contributed by atoms with Gasteiger partial charge in [-0.2, -0.15) is 0 Å². The third-order valence-corrected chi connectivity index (χ3v) is 2.73. The molecular formula is C15H29N. The van der Waals surface area contributed by atoms with Crippen LogP contribution in [0.25, 0.3) is 0 Å². The number of terminal acetylenes is 1. The van der Waals surface area contributed by atoms with Gasteiger partial charge in [-0.3, -0.25) is 0 Å². The molecular weight excluding hydrogens is 194 g/mol. The van der Waals surface area contributed by atoms with Crippen LogP contribution in [-0.2, 0) is 0 Å². The topological polar surface area (TPSA) is 12.0 Å². The van der Waals surface area contributed by atoms with Crippen LogP contribution in [0.4, 0.5) is 0 Å². The Morgan fingerprint density at radius 3 is 1.88 bits per heavy atom. The summed E-state index contributed by atoms with van der Waals surface area (Å²) >= 11 is 0. The predicted molar refractivity (Wildman–Crippen MR) is 73.4 cm³/mol. The molecule has 0 saturated heterocycles. The summed E-state index contributed by atoms with van der Waals surface area (Å²) in [7, 11) is 0. The quantitative estimate of drug-likeness (QED) is 0.617. The van der Waals surface area contributed by atoms with Crippen molar-refractivity contribution in [1.29, 1.82) is 0 Å². The van der Waals surface area contributed by atoms with Crippen molar-refractivity contribution in [2.24, 2.45) is 11.8 Å². The largest absolute Gasteiger partial charge is 0.301 e. The Hall–Kier alpha value is -0.480. The van der Waals surface area contributed by atoms with Gasteiger partial charge in [-0.05, 0) is 31.1 Å². The molecule has 0 aromatic heterocycles. The summed E-state index contributed by atoms with van der Waals surface area (Å²) < 4.78 is 0. The summed E-state index contributed by atoms with van der Waals surface area (Å²) in [6.45, 7) is 11.3. The van der Waals surface area contributed by atoms with E-state index < -0.39 is 0 Å². The summed E-state index contributed by atoms with van der Waals surface area (Å²) in [5, 5.41) is 3.63. The van der Waals surface area contributed by atoms with Gasteiger partial charge in [0.05, 0.1) is 6.04 Å². The first-order valence-corrected chi connectivity index (χ1v) is 6.71. The van der Waals surface area contributed by atoms with Crippen LogP contribution in [0.5, 0.6) is 0 Å². The average molecular weight is 223 g/mol. The monoisotopic (exact) mass is 223 g/mol. The Morgan fingerprint density at radius 1 is 1.06 bits per heavy atom. The van der Waals surface area contributed by atoms with Crippen molar-refractivity contribution < 1.29 is 0 Å². The molecule has 0 saturated carbocycles. The number of rotatable bonds is 8. The third-order valence-electron chi connectivity index (χ3n) is 2.73. The molecule has 0 amide bonds. The summed E-state index contributed by atoms with van der Waals surface area (Å²) in [5.41, 5.74) is 0. The number of hydrogen-bond acceptors (Lipinski definition) is 1. The molecule has 1 unspecified atom stereocenters. The minimum absolute atomic E-state index is 0.257. The molecule has 1 heteroatoms. The van der Waals surface area contributed by atoms with Crippen LogP contribution in [0, 0.1) is 24.2 Å². The van der Waals surface area contributed by atoms with Gasteiger partial charge in [0.2, 0.25) is 0 Å². The second-order valence-electron chi connectivity index (χ2n) is 5.63. The van der Waals surface area contributed by atoms with Crippen LogP contribution < -0.4 is 5.32 Å². The van der Waals surface area contributed by atoms with E-state index in [1.165, 1.54) is 12.8 Å². The highest BCUT2D eigenvalue weighted by molar-refractivity contribution is 4.99. The Morgan fingerprint density at radius 2 is 1.56 bits per heavy atom. The molecule has 0 spiro atoms. The van der Waals surface area contributed by atoms with Crippen molar-refractivity contribution in [2.45, 2.75) is 72.4 Å². The Balaban J connectivity index is 4.22. The van der Waals surface area contributed by atoms with E-state index in [4.69, 9.17) is 6.42 Å². The Bertz CT molecular complexity index is 190. The molecule has 1 nitrogen and oxygen atoms in total. The standard InChI is InChI=1S/C15H29N/c1-7-9-14(8-2)16-15(10-12(3)4)11-13(5)6/h2,12-16H,7,9-11H2,1,3-6H3. The second kappa shape index (κ2) is 8.65. The van der Waals surface area contributed by atoms with Crippen molar-refractivity contribution in [3.05, 3.63) is 0 Å². The normalized spacial score (nSPS) is 13.4.